The molecule has 2 atom stereocenters. The number of morpholine rings is 1. The van der Waals surface area contributed by atoms with Gasteiger partial charge >= 0.3 is 0 Å². The van der Waals surface area contributed by atoms with E-state index in [-0.39, 0.29) is 5.91 Å². The summed E-state index contributed by atoms with van der Waals surface area (Å²) >= 11 is 0. The summed E-state index contributed by atoms with van der Waals surface area (Å²) in [4.78, 5) is 14.7. The molecule has 0 aliphatic carbocycles. The number of nitrogens with zero attached hydrogens (tertiary/aromatic N) is 1. The molecule has 3 rings (SSSR count). The summed E-state index contributed by atoms with van der Waals surface area (Å²) in [6.45, 7) is 10.1. The summed E-state index contributed by atoms with van der Waals surface area (Å²) in [5, 5.41) is 6.50. The van der Waals surface area contributed by atoms with Crippen molar-refractivity contribution in [2.45, 2.75) is 32.7 Å². The van der Waals surface area contributed by atoms with E-state index in [2.05, 4.69) is 22.5 Å². The predicted molar refractivity (Wildman–Crippen MR) is 110 cm³/mol. The van der Waals surface area contributed by atoms with Crippen LogP contribution in [-0.4, -0.2) is 63.4 Å². The SMILES string of the molecule is CC(CC(=O)NCc1cccc(OCCN2CCOCC2)c1)C1CCCNC1. The van der Waals surface area contributed by atoms with E-state index in [9.17, 15) is 4.79 Å². The Morgan fingerprint density at radius 2 is 2.25 bits per heavy atom. The van der Waals surface area contributed by atoms with E-state index in [0.29, 0.717) is 31.4 Å². The molecule has 2 heterocycles. The number of ether oxygens (including phenoxy) is 2. The molecular formula is C22H35N3O3. The van der Waals surface area contributed by atoms with Crippen molar-refractivity contribution in [2.75, 3.05) is 52.5 Å². The third-order valence-electron chi connectivity index (χ3n) is 5.82. The fourth-order valence-corrected chi connectivity index (χ4v) is 3.96. The normalized spacial score (nSPS) is 21.8. The van der Waals surface area contributed by atoms with Crippen molar-refractivity contribution >= 4 is 5.91 Å². The first-order valence-electron chi connectivity index (χ1n) is 10.7. The topological polar surface area (TPSA) is 62.8 Å². The van der Waals surface area contributed by atoms with Crippen molar-refractivity contribution in [3.05, 3.63) is 29.8 Å². The second-order valence-corrected chi connectivity index (χ2v) is 8.01. The molecule has 0 aromatic heterocycles. The standard InChI is InChI=1S/C22H35N3O3/c1-18(20-5-3-7-23-17-20)14-22(26)24-16-19-4-2-6-21(15-19)28-13-10-25-8-11-27-12-9-25/h2,4,6,15,18,20,23H,3,5,7-14,16-17H2,1H3,(H,24,26). The summed E-state index contributed by atoms with van der Waals surface area (Å²) < 4.78 is 11.3. The van der Waals surface area contributed by atoms with Crippen LogP contribution in [0.15, 0.2) is 24.3 Å². The predicted octanol–water partition coefficient (Wildman–Crippen LogP) is 2.04. The van der Waals surface area contributed by atoms with E-state index in [1.54, 1.807) is 0 Å². The molecule has 2 unspecified atom stereocenters. The Morgan fingerprint density at radius 1 is 1.39 bits per heavy atom. The van der Waals surface area contributed by atoms with Crippen LogP contribution in [-0.2, 0) is 16.1 Å². The Morgan fingerprint density at radius 3 is 3.04 bits per heavy atom. The highest BCUT2D eigenvalue weighted by Gasteiger charge is 2.21. The second kappa shape index (κ2) is 11.4. The first-order chi connectivity index (χ1) is 13.7. The van der Waals surface area contributed by atoms with E-state index in [1.807, 2.05) is 24.3 Å². The zero-order valence-corrected chi connectivity index (χ0v) is 17.1. The Labute approximate surface area is 169 Å². The maximum absolute atomic E-state index is 12.3. The van der Waals surface area contributed by atoms with Crippen LogP contribution in [0.3, 0.4) is 0 Å². The van der Waals surface area contributed by atoms with Crippen LogP contribution in [0.4, 0.5) is 0 Å². The molecule has 0 spiro atoms. The van der Waals surface area contributed by atoms with Crippen LogP contribution in [0.1, 0.15) is 31.7 Å². The number of rotatable bonds is 9. The second-order valence-electron chi connectivity index (χ2n) is 8.01. The lowest BCUT2D eigenvalue weighted by Crippen LogP contribution is -2.38. The van der Waals surface area contributed by atoms with Crippen LogP contribution < -0.4 is 15.4 Å². The molecule has 0 saturated carbocycles. The van der Waals surface area contributed by atoms with Gasteiger partial charge in [-0.3, -0.25) is 9.69 Å². The van der Waals surface area contributed by atoms with Gasteiger partial charge in [-0.15, -0.1) is 0 Å². The highest BCUT2D eigenvalue weighted by Crippen LogP contribution is 2.22. The third-order valence-corrected chi connectivity index (χ3v) is 5.82. The van der Waals surface area contributed by atoms with E-state index in [4.69, 9.17) is 9.47 Å². The van der Waals surface area contributed by atoms with E-state index >= 15 is 0 Å². The molecule has 1 aromatic rings. The smallest absolute Gasteiger partial charge is 0.220 e. The molecule has 2 fully saturated rings. The molecule has 6 heteroatoms. The number of carbonyl (C=O) groups excluding carboxylic acids is 1. The van der Waals surface area contributed by atoms with Gasteiger partial charge in [-0.25, -0.2) is 0 Å². The van der Waals surface area contributed by atoms with Gasteiger partial charge in [-0.2, -0.15) is 0 Å². The molecular weight excluding hydrogens is 354 g/mol. The fourth-order valence-electron chi connectivity index (χ4n) is 3.96. The van der Waals surface area contributed by atoms with Gasteiger partial charge in [-0.1, -0.05) is 19.1 Å². The number of hydrogen-bond acceptors (Lipinski definition) is 5. The molecule has 1 amide bonds. The molecule has 2 N–H and O–H groups in total. The average Bonchev–Trinajstić information content (AvgIpc) is 2.74. The fraction of sp³-hybridized carbons (Fsp3) is 0.682. The molecule has 2 aliphatic heterocycles. The lowest BCUT2D eigenvalue weighted by Gasteiger charge is -2.28. The minimum Gasteiger partial charge on any atom is -0.492 e. The number of hydrogen-bond donors (Lipinski definition) is 2. The largest absolute Gasteiger partial charge is 0.492 e. The van der Waals surface area contributed by atoms with Crippen molar-refractivity contribution in [3.8, 4) is 5.75 Å². The van der Waals surface area contributed by atoms with Gasteiger partial charge in [0.25, 0.3) is 0 Å². The Bertz CT molecular complexity index is 598. The lowest BCUT2D eigenvalue weighted by atomic mass is 9.85. The van der Waals surface area contributed by atoms with Gasteiger partial charge in [0.1, 0.15) is 12.4 Å². The minimum absolute atomic E-state index is 0.136. The summed E-state index contributed by atoms with van der Waals surface area (Å²) in [5.41, 5.74) is 1.07. The van der Waals surface area contributed by atoms with Gasteiger partial charge in [0.05, 0.1) is 13.2 Å². The monoisotopic (exact) mass is 389 g/mol. The van der Waals surface area contributed by atoms with Crippen LogP contribution in [0.2, 0.25) is 0 Å². The molecule has 28 heavy (non-hydrogen) atoms. The first-order valence-corrected chi connectivity index (χ1v) is 10.7. The van der Waals surface area contributed by atoms with Crippen molar-refractivity contribution in [3.63, 3.8) is 0 Å². The van der Waals surface area contributed by atoms with Gasteiger partial charge in [-0.05, 0) is 55.5 Å². The number of carbonyl (C=O) groups is 1. The summed E-state index contributed by atoms with van der Waals surface area (Å²) in [6.07, 6.45) is 3.04. The summed E-state index contributed by atoms with van der Waals surface area (Å²) in [7, 11) is 0. The number of piperidine rings is 1. The third kappa shape index (κ3) is 7.08. The number of nitrogens with one attached hydrogen (secondary N) is 2. The van der Waals surface area contributed by atoms with E-state index in [1.165, 1.54) is 12.8 Å². The molecule has 2 aliphatic rings. The van der Waals surface area contributed by atoms with Crippen molar-refractivity contribution < 1.29 is 14.3 Å². The zero-order valence-electron chi connectivity index (χ0n) is 17.1. The van der Waals surface area contributed by atoms with Crippen LogP contribution in [0.25, 0.3) is 0 Å². The van der Waals surface area contributed by atoms with E-state index < -0.39 is 0 Å². The quantitative estimate of drug-likeness (QED) is 0.677. The van der Waals surface area contributed by atoms with Gasteiger partial charge in [0.2, 0.25) is 5.91 Å². The van der Waals surface area contributed by atoms with Crippen LogP contribution in [0, 0.1) is 11.8 Å². The summed E-state index contributed by atoms with van der Waals surface area (Å²) in [5.74, 6) is 2.03. The van der Waals surface area contributed by atoms with Gasteiger partial charge in [0, 0.05) is 32.6 Å². The van der Waals surface area contributed by atoms with Crippen molar-refractivity contribution in [2.24, 2.45) is 11.8 Å². The molecule has 156 valence electrons. The Kier molecular flexibility index (Phi) is 8.58. The van der Waals surface area contributed by atoms with Gasteiger partial charge in [0.15, 0.2) is 0 Å². The minimum atomic E-state index is 0.136. The van der Waals surface area contributed by atoms with Crippen molar-refractivity contribution in [1.29, 1.82) is 0 Å². The Balaban J connectivity index is 1.36. The lowest BCUT2D eigenvalue weighted by molar-refractivity contribution is -0.122. The van der Waals surface area contributed by atoms with Crippen molar-refractivity contribution in [1.82, 2.24) is 15.5 Å². The van der Waals surface area contributed by atoms with Gasteiger partial charge < -0.3 is 20.1 Å². The highest BCUT2D eigenvalue weighted by atomic mass is 16.5. The maximum Gasteiger partial charge on any atom is 0.220 e. The Hall–Kier alpha value is -1.63. The average molecular weight is 390 g/mol. The molecule has 0 bridgehead atoms. The van der Waals surface area contributed by atoms with Crippen LogP contribution in [0.5, 0.6) is 5.75 Å². The van der Waals surface area contributed by atoms with Crippen LogP contribution >= 0.6 is 0 Å². The van der Waals surface area contributed by atoms with E-state index in [0.717, 1.165) is 57.3 Å². The maximum atomic E-state index is 12.3. The number of benzene rings is 1. The number of amides is 1. The molecule has 1 aromatic carbocycles. The molecule has 6 nitrogen and oxygen atoms in total. The molecule has 2 saturated heterocycles. The highest BCUT2D eigenvalue weighted by molar-refractivity contribution is 5.76. The zero-order chi connectivity index (χ0) is 19.6. The first kappa shape index (κ1) is 21.1. The molecule has 0 radical (unpaired) electrons. The summed E-state index contributed by atoms with van der Waals surface area (Å²) in [6, 6.07) is 8.02.